The monoisotopic (exact) mass is 484 g/mol. The van der Waals surface area contributed by atoms with E-state index in [4.69, 9.17) is 9.15 Å². The summed E-state index contributed by atoms with van der Waals surface area (Å²) >= 11 is 3.55. The van der Waals surface area contributed by atoms with E-state index in [1.165, 1.54) is 6.07 Å². The van der Waals surface area contributed by atoms with Crippen molar-refractivity contribution in [3.05, 3.63) is 62.2 Å². The minimum absolute atomic E-state index is 0.119. The number of ether oxygens (including phenoxy) is 1. The van der Waals surface area contributed by atoms with Gasteiger partial charge < -0.3 is 19.4 Å². The molecule has 0 amide bonds. The van der Waals surface area contributed by atoms with Gasteiger partial charge in [-0.05, 0) is 58.8 Å². The van der Waals surface area contributed by atoms with Gasteiger partial charge in [-0.3, -0.25) is 4.79 Å². The van der Waals surface area contributed by atoms with E-state index < -0.39 is 11.2 Å². The van der Waals surface area contributed by atoms with Gasteiger partial charge >= 0.3 is 0 Å². The normalized spacial score (nSPS) is 15.0. The highest BCUT2D eigenvalue weighted by Gasteiger charge is 2.28. The number of rotatable bonds is 4. The van der Waals surface area contributed by atoms with Crippen LogP contribution in [0.15, 0.2) is 50.1 Å². The van der Waals surface area contributed by atoms with Gasteiger partial charge in [0.2, 0.25) is 0 Å². The lowest BCUT2D eigenvalue weighted by Gasteiger charge is -2.28. The molecule has 0 bridgehead atoms. The van der Waals surface area contributed by atoms with Crippen molar-refractivity contribution >= 4 is 33.0 Å². The summed E-state index contributed by atoms with van der Waals surface area (Å²) in [6.45, 7) is 7.23. The topological polar surface area (TPSA) is 79.9 Å². The fourth-order valence-corrected chi connectivity index (χ4v) is 4.21. The van der Waals surface area contributed by atoms with Crippen LogP contribution >= 0.6 is 15.9 Å². The molecule has 0 atom stereocenters. The Morgan fingerprint density at radius 3 is 2.58 bits per heavy atom. The van der Waals surface area contributed by atoms with E-state index in [-0.39, 0.29) is 22.1 Å². The number of hydrogen-bond donors (Lipinski definition) is 2. The Morgan fingerprint density at radius 1 is 1.19 bits per heavy atom. The Bertz CT molecular complexity index is 1260. The molecule has 1 aliphatic rings. The maximum atomic E-state index is 13.6. The Hall–Kier alpha value is -2.57. The van der Waals surface area contributed by atoms with Crippen LogP contribution in [0.4, 0.5) is 0 Å². The van der Waals surface area contributed by atoms with Crippen molar-refractivity contribution < 1.29 is 19.4 Å². The molecule has 2 N–H and O–H groups in total. The molecule has 3 aromatic rings. The third-order valence-electron chi connectivity index (χ3n) is 5.37. The average Bonchev–Trinajstić information content (AvgIpc) is 2.65. The lowest BCUT2D eigenvalue weighted by Crippen LogP contribution is -2.27. The number of halogens is 1. The van der Waals surface area contributed by atoms with E-state index in [2.05, 4.69) is 15.9 Å². The molecule has 0 saturated heterocycles. The fourth-order valence-electron chi connectivity index (χ4n) is 3.74. The van der Waals surface area contributed by atoms with Crippen molar-refractivity contribution in [3.63, 3.8) is 0 Å². The second kappa shape index (κ2) is 7.53. The molecule has 0 radical (unpaired) electrons. The molecule has 4 rings (SSSR count). The second-order valence-electron chi connectivity index (χ2n) is 9.08. The molecule has 6 heteroatoms. The van der Waals surface area contributed by atoms with Gasteiger partial charge in [0, 0.05) is 21.7 Å². The van der Waals surface area contributed by atoms with Crippen LogP contribution in [0.5, 0.6) is 11.5 Å². The summed E-state index contributed by atoms with van der Waals surface area (Å²) in [6.07, 6.45) is 4.42. The van der Waals surface area contributed by atoms with Crippen molar-refractivity contribution in [1.29, 1.82) is 0 Å². The molecule has 0 unspecified atom stereocenters. The number of benzene rings is 2. The van der Waals surface area contributed by atoms with Gasteiger partial charge in [0.05, 0.1) is 11.2 Å². The summed E-state index contributed by atoms with van der Waals surface area (Å²) in [7, 11) is 0. The first-order valence-corrected chi connectivity index (χ1v) is 11.0. The minimum atomic E-state index is -0.952. The van der Waals surface area contributed by atoms with Crippen molar-refractivity contribution in [2.45, 2.75) is 51.7 Å². The highest BCUT2D eigenvalue weighted by Crippen LogP contribution is 2.42. The zero-order valence-corrected chi connectivity index (χ0v) is 19.5. The Balaban J connectivity index is 2.06. The first-order valence-electron chi connectivity index (χ1n) is 10.2. The van der Waals surface area contributed by atoms with Crippen molar-refractivity contribution in [1.82, 2.24) is 0 Å². The van der Waals surface area contributed by atoms with Crippen molar-refractivity contribution in [3.8, 4) is 22.8 Å². The lowest BCUT2D eigenvalue weighted by molar-refractivity contribution is 0.0713. The largest absolute Gasteiger partial charge is 0.507 e. The van der Waals surface area contributed by atoms with Gasteiger partial charge in [-0.1, -0.05) is 34.1 Å². The van der Waals surface area contributed by atoms with E-state index in [1.54, 1.807) is 13.8 Å². The molecule has 31 heavy (non-hydrogen) atoms. The predicted molar refractivity (Wildman–Crippen MR) is 126 cm³/mol. The van der Waals surface area contributed by atoms with Crippen LogP contribution < -0.4 is 10.2 Å². The van der Waals surface area contributed by atoms with Gasteiger partial charge in [-0.15, -0.1) is 0 Å². The Kier molecular flexibility index (Phi) is 5.26. The van der Waals surface area contributed by atoms with Crippen molar-refractivity contribution in [2.24, 2.45) is 0 Å². The van der Waals surface area contributed by atoms with Gasteiger partial charge in [0.25, 0.3) is 0 Å². The van der Waals surface area contributed by atoms with Crippen LogP contribution in [0.25, 0.3) is 28.4 Å². The molecule has 0 aliphatic carbocycles. The number of hydrogen-bond acceptors (Lipinski definition) is 5. The Morgan fingerprint density at radius 2 is 1.90 bits per heavy atom. The number of phenolic OH excluding ortho intramolecular Hbond substituents is 1. The van der Waals surface area contributed by atoms with Crippen LogP contribution in [0.1, 0.15) is 45.2 Å². The fraction of sp³-hybridized carbons (Fsp3) is 0.320. The van der Waals surface area contributed by atoms with Crippen LogP contribution in [0.2, 0.25) is 0 Å². The quantitative estimate of drug-likeness (QED) is 0.487. The smallest absolute Gasteiger partial charge is 0.200 e. The van der Waals surface area contributed by atoms with Crippen LogP contribution in [-0.2, 0) is 6.42 Å². The van der Waals surface area contributed by atoms with E-state index in [0.29, 0.717) is 35.5 Å². The standard InChI is InChI=1S/C25H25BrO5/c1-24(2,29)11-9-16-21(28)20-18(27)13-19-15(10-12-25(3,4)31-19)23(20)30-22(16)14-7-5-6-8-17(14)26/h5-8,10,12-13,27,29H,9,11H2,1-4H3. The molecule has 0 spiro atoms. The number of fused-ring (bicyclic) bond motifs is 3. The van der Waals surface area contributed by atoms with Gasteiger partial charge in [0.15, 0.2) is 11.0 Å². The molecular weight excluding hydrogens is 460 g/mol. The maximum Gasteiger partial charge on any atom is 0.200 e. The second-order valence-corrected chi connectivity index (χ2v) is 9.94. The molecule has 2 aromatic carbocycles. The molecule has 162 valence electrons. The molecule has 1 aromatic heterocycles. The summed E-state index contributed by atoms with van der Waals surface area (Å²) < 4.78 is 13.1. The third-order valence-corrected chi connectivity index (χ3v) is 6.06. The van der Waals surface area contributed by atoms with E-state index in [9.17, 15) is 15.0 Å². The number of aliphatic hydroxyl groups is 1. The number of aromatic hydroxyl groups is 1. The van der Waals surface area contributed by atoms with Gasteiger partial charge in [-0.2, -0.15) is 0 Å². The van der Waals surface area contributed by atoms with E-state index in [1.807, 2.05) is 50.3 Å². The first kappa shape index (κ1) is 21.7. The van der Waals surface area contributed by atoms with E-state index in [0.717, 1.165) is 10.0 Å². The highest BCUT2D eigenvalue weighted by molar-refractivity contribution is 9.10. The molecular formula is C25H25BrO5. The summed E-state index contributed by atoms with van der Waals surface area (Å²) in [4.78, 5) is 13.6. The minimum Gasteiger partial charge on any atom is -0.507 e. The molecule has 2 heterocycles. The summed E-state index contributed by atoms with van der Waals surface area (Å²) in [5, 5.41) is 21.1. The SMILES string of the molecule is CC(C)(O)CCc1c(-c2ccccc2Br)oc2c3c(cc(O)c2c1=O)OC(C)(C)C=C3. The van der Waals surface area contributed by atoms with E-state index >= 15 is 0 Å². The van der Waals surface area contributed by atoms with Crippen LogP contribution in [0, 0.1) is 0 Å². The molecule has 0 saturated carbocycles. The molecule has 1 aliphatic heterocycles. The maximum absolute atomic E-state index is 13.6. The zero-order valence-electron chi connectivity index (χ0n) is 18.0. The summed E-state index contributed by atoms with van der Waals surface area (Å²) in [6, 6.07) is 8.97. The highest BCUT2D eigenvalue weighted by atomic mass is 79.9. The summed E-state index contributed by atoms with van der Waals surface area (Å²) in [5.74, 6) is 0.694. The molecule has 5 nitrogen and oxygen atoms in total. The number of phenols is 1. The Labute approximate surface area is 189 Å². The van der Waals surface area contributed by atoms with Crippen LogP contribution in [0.3, 0.4) is 0 Å². The molecule has 0 fully saturated rings. The summed E-state index contributed by atoms with van der Waals surface area (Å²) in [5.41, 5.74) is 0.243. The lowest BCUT2D eigenvalue weighted by atomic mass is 9.94. The van der Waals surface area contributed by atoms with Crippen molar-refractivity contribution in [2.75, 3.05) is 0 Å². The first-order chi connectivity index (χ1) is 14.5. The average molecular weight is 485 g/mol. The predicted octanol–water partition coefficient (Wildman–Crippen LogP) is 5.82. The third kappa shape index (κ3) is 4.14. The zero-order chi connectivity index (χ0) is 22.6. The van der Waals surface area contributed by atoms with Gasteiger partial charge in [-0.25, -0.2) is 0 Å². The van der Waals surface area contributed by atoms with Crippen LogP contribution in [-0.4, -0.2) is 21.4 Å². The van der Waals surface area contributed by atoms with Gasteiger partial charge in [0.1, 0.15) is 28.2 Å².